The monoisotopic (exact) mass is 198 g/mol. The summed E-state index contributed by atoms with van der Waals surface area (Å²) in [6.07, 6.45) is 0. The van der Waals surface area contributed by atoms with E-state index in [-0.39, 0.29) is 11.9 Å². The van der Waals surface area contributed by atoms with Crippen LogP contribution in [0.15, 0.2) is 24.3 Å². The van der Waals surface area contributed by atoms with Crippen LogP contribution in [0.4, 0.5) is 4.39 Å². The minimum absolute atomic E-state index is 0.161. The van der Waals surface area contributed by atoms with Gasteiger partial charge in [-0.2, -0.15) is 0 Å². The Bertz CT molecular complexity index is 281. The van der Waals surface area contributed by atoms with E-state index in [0.717, 1.165) is 5.56 Å². The second kappa shape index (κ2) is 5.70. The summed E-state index contributed by atoms with van der Waals surface area (Å²) in [6.45, 7) is 2.96. The third kappa shape index (κ3) is 3.06. The number of ether oxygens (including phenoxy) is 1. The number of hydrogen-bond acceptors (Lipinski definition) is 3. The molecule has 1 atom stereocenters. The van der Waals surface area contributed by atoms with Crippen molar-refractivity contribution < 1.29 is 9.13 Å². The first-order valence-corrected chi connectivity index (χ1v) is 4.57. The number of halogens is 1. The van der Waals surface area contributed by atoms with Crippen LogP contribution in [0.25, 0.3) is 0 Å². The van der Waals surface area contributed by atoms with E-state index in [1.807, 2.05) is 13.0 Å². The maximum absolute atomic E-state index is 12.9. The molecular formula is C10H15FN2O. The van der Waals surface area contributed by atoms with Gasteiger partial charge in [-0.25, -0.2) is 4.39 Å². The summed E-state index contributed by atoms with van der Waals surface area (Å²) < 4.78 is 18.1. The molecule has 0 aliphatic heterocycles. The first-order chi connectivity index (χ1) is 6.77. The van der Waals surface area contributed by atoms with Crippen molar-refractivity contribution in [1.29, 1.82) is 0 Å². The number of hydrogen-bond donors (Lipinski definition) is 2. The molecule has 14 heavy (non-hydrogen) atoms. The lowest BCUT2D eigenvalue weighted by Gasteiger charge is -2.15. The maximum Gasteiger partial charge on any atom is 0.123 e. The van der Waals surface area contributed by atoms with Crippen LogP contribution >= 0.6 is 0 Å². The molecule has 0 heterocycles. The molecule has 4 heteroatoms. The molecule has 78 valence electrons. The normalized spacial score (nSPS) is 12.8. The van der Waals surface area contributed by atoms with Crippen LogP contribution in [0.2, 0.25) is 0 Å². The molecule has 0 radical (unpaired) electrons. The summed E-state index contributed by atoms with van der Waals surface area (Å²) in [7, 11) is 0. The molecule has 3 N–H and O–H groups in total. The van der Waals surface area contributed by atoms with Crippen molar-refractivity contribution >= 4 is 0 Å². The van der Waals surface area contributed by atoms with E-state index in [0.29, 0.717) is 13.2 Å². The van der Waals surface area contributed by atoms with Crippen molar-refractivity contribution in [3.05, 3.63) is 35.6 Å². The number of hydrazine groups is 1. The predicted molar refractivity (Wildman–Crippen MR) is 53.0 cm³/mol. The first kappa shape index (κ1) is 11.1. The zero-order valence-electron chi connectivity index (χ0n) is 8.16. The highest BCUT2D eigenvalue weighted by atomic mass is 19.1. The molecule has 0 saturated heterocycles. The standard InChI is InChI=1S/C10H15FN2O/c1-2-14-7-10(13-12)8-4-3-5-9(11)6-8/h3-6,10,13H,2,7,12H2,1H3. The largest absolute Gasteiger partial charge is 0.380 e. The van der Waals surface area contributed by atoms with E-state index in [2.05, 4.69) is 5.43 Å². The average Bonchev–Trinajstić information content (AvgIpc) is 2.19. The minimum atomic E-state index is -0.265. The van der Waals surface area contributed by atoms with Gasteiger partial charge < -0.3 is 4.74 Å². The molecule has 0 amide bonds. The predicted octanol–water partition coefficient (Wildman–Crippen LogP) is 1.37. The molecule has 0 aliphatic carbocycles. The Labute approximate surface area is 83.0 Å². The van der Waals surface area contributed by atoms with Crippen LogP contribution in [0, 0.1) is 5.82 Å². The molecule has 1 aromatic rings. The molecule has 0 aromatic heterocycles. The summed E-state index contributed by atoms with van der Waals surface area (Å²) >= 11 is 0. The van der Waals surface area contributed by atoms with Gasteiger partial charge in [-0.05, 0) is 24.6 Å². The lowest BCUT2D eigenvalue weighted by atomic mass is 10.1. The van der Waals surface area contributed by atoms with E-state index >= 15 is 0 Å². The van der Waals surface area contributed by atoms with Crippen LogP contribution in [0.1, 0.15) is 18.5 Å². The van der Waals surface area contributed by atoms with E-state index < -0.39 is 0 Å². The van der Waals surface area contributed by atoms with Crippen molar-refractivity contribution in [3.8, 4) is 0 Å². The van der Waals surface area contributed by atoms with Gasteiger partial charge in [0.05, 0.1) is 12.6 Å². The lowest BCUT2D eigenvalue weighted by Crippen LogP contribution is -2.31. The number of nitrogens with one attached hydrogen (secondary N) is 1. The van der Waals surface area contributed by atoms with Crippen LogP contribution in [0.5, 0.6) is 0 Å². The highest BCUT2D eigenvalue weighted by Crippen LogP contribution is 2.13. The van der Waals surface area contributed by atoms with Crippen LogP contribution in [0.3, 0.4) is 0 Å². The highest BCUT2D eigenvalue weighted by Gasteiger charge is 2.09. The van der Waals surface area contributed by atoms with Gasteiger partial charge in [0.1, 0.15) is 5.82 Å². The third-order valence-corrected chi connectivity index (χ3v) is 1.94. The molecule has 0 fully saturated rings. The van der Waals surface area contributed by atoms with Gasteiger partial charge in [-0.3, -0.25) is 11.3 Å². The summed E-state index contributed by atoms with van der Waals surface area (Å²) in [6, 6.07) is 6.15. The minimum Gasteiger partial charge on any atom is -0.380 e. The molecule has 0 aliphatic rings. The van der Waals surface area contributed by atoms with Gasteiger partial charge in [0.15, 0.2) is 0 Å². The fourth-order valence-electron chi connectivity index (χ4n) is 1.20. The van der Waals surface area contributed by atoms with E-state index in [4.69, 9.17) is 10.6 Å². The molecule has 1 rings (SSSR count). The van der Waals surface area contributed by atoms with E-state index in [1.165, 1.54) is 12.1 Å². The van der Waals surface area contributed by atoms with Crippen molar-refractivity contribution in [2.24, 2.45) is 5.84 Å². The van der Waals surface area contributed by atoms with Gasteiger partial charge in [0.2, 0.25) is 0 Å². The van der Waals surface area contributed by atoms with Crippen molar-refractivity contribution in [2.45, 2.75) is 13.0 Å². The quantitative estimate of drug-likeness (QED) is 0.555. The summed E-state index contributed by atoms with van der Waals surface area (Å²) in [4.78, 5) is 0. The van der Waals surface area contributed by atoms with Crippen molar-refractivity contribution in [3.63, 3.8) is 0 Å². The molecule has 0 saturated carbocycles. The first-order valence-electron chi connectivity index (χ1n) is 4.57. The Balaban J connectivity index is 2.68. The van der Waals surface area contributed by atoms with Crippen molar-refractivity contribution in [1.82, 2.24) is 5.43 Å². The summed E-state index contributed by atoms with van der Waals surface area (Å²) in [5, 5.41) is 0. The summed E-state index contributed by atoms with van der Waals surface area (Å²) in [5.74, 6) is 5.08. The maximum atomic E-state index is 12.9. The van der Waals surface area contributed by atoms with E-state index in [9.17, 15) is 4.39 Å². The van der Waals surface area contributed by atoms with Crippen LogP contribution < -0.4 is 11.3 Å². The lowest BCUT2D eigenvalue weighted by molar-refractivity contribution is 0.123. The number of benzene rings is 1. The van der Waals surface area contributed by atoms with Gasteiger partial charge >= 0.3 is 0 Å². The third-order valence-electron chi connectivity index (χ3n) is 1.94. The second-order valence-electron chi connectivity index (χ2n) is 2.93. The topological polar surface area (TPSA) is 47.3 Å². The Morgan fingerprint density at radius 1 is 1.57 bits per heavy atom. The Morgan fingerprint density at radius 2 is 2.36 bits per heavy atom. The van der Waals surface area contributed by atoms with Gasteiger partial charge in [-0.1, -0.05) is 12.1 Å². The summed E-state index contributed by atoms with van der Waals surface area (Å²) in [5.41, 5.74) is 3.38. The molecule has 0 spiro atoms. The van der Waals surface area contributed by atoms with Crippen LogP contribution in [-0.2, 0) is 4.74 Å². The van der Waals surface area contributed by atoms with Crippen molar-refractivity contribution in [2.75, 3.05) is 13.2 Å². The Kier molecular flexibility index (Phi) is 4.52. The zero-order chi connectivity index (χ0) is 10.4. The van der Waals surface area contributed by atoms with Gasteiger partial charge in [0.25, 0.3) is 0 Å². The SMILES string of the molecule is CCOCC(NN)c1cccc(F)c1. The van der Waals surface area contributed by atoms with E-state index in [1.54, 1.807) is 6.07 Å². The number of rotatable bonds is 5. The molecule has 3 nitrogen and oxygen atoms in total. The zero-order valence-corrected chi connectivity index (χ0v) is 8.16. The number of nitrogens with two attached hydrogens (primary N) is 1. The fraction of sp³-hybridized carbons (Fsp3) is 0.400. The average molecular weight is 198 g/mol. The smallest absolute Gasteiger partial charge is 0.123 e. The second-order valence-corrected chi connectivity index (χ2v) is 2.93. The van der Waals surface area contributed by atoms with Gasteiger partial charge in [-0.15, -0.1) is 0 Å². The Morgan fingerprint density at radius 3 is 2.93 bits per heavy atom. The fourth-order valence-corrected chi connectivity index (χ4v) is 1.20. The molecule has 1 aromatic carbocycles. The van der Waals surface area contributed by atoms with Gasteiger partial charge in [0, 0.05) is 6.61 Å². The highest BCUT2D eigenvalue weighted by molar-refractivity contribution is 5.20. The molecule has 1 unspecified atom stereocenters. The molecule has 0 bridgehead atoms. The molecular weight excluding hydrogens is 183 g/mol. The Hall–Kier alpha value is -0.970. The van der Waals surface area contributed by atoms with Crippen LogP contribution in [-0.4, -0.2) is 13.2 Å².